The minimum Gasteiger partial charge on any atom is -0.377 e. The van der Waals surface area contributed by atoms with Crippen LogP contribution in [0.15, 0.2) is 6.07 Å². The lowest BCUT2D eigenvalue weighted by atomic mass is 9.96. The largest absolute Gasteiger partial charge is 0.377 e. The van der Waals surface area contributed by atoms with Crippen molar-refractivity contribution in [2.24, 2.45) is 0 Å². The van der Waals surface area contributed by atoms with E-state index in [-0.39, 0.29) is 11.5 Å². The number of rotatable bonds is 5. The number of aromatic nitrogens is 2. The predicted molar refractivity (Wildman–Crippen MR) is 75.3 cm³/mol. The van der Waals surface area contributed by atoms with E-state index in [0.717, 1.165) is 11.6 Å². The summed E-state index contributed by atoms with van der Waals surface area (Å²) in [5, 5.41) is 3.68. The van der Waals surface area contributed by atoms with Gasteiger partial charge in [-0.3, -0.25) is 0 Å². The van der Waals surface area contributed by atoms with Gasteiger partial charge in [0.1, 0.15) is 16.8 Å². The van der Waals surface area contributed by atoms with E-state index >= 15 is 0 Å². The molecule has 4 nitrogen and oxygen atoms in total. The van der Waals surface area contributed by atoms with E-state index in [0.29, 0.717) is 18.3 Å². The molecule has 1 rings (SSSR count). The van der Waals surface area contributed by atoms with Crippen LogP contribution >= 0.6 is 11.6 Å². The highest BCUT2D eigenvalue weighted by molar-refractivity contribution is 6.29. The fourth-order valence-electron chi connectivity index (χ4n) is 1.44. The molecule has 0 radical (unpaired) electrons. The van der Waals surface area contributed by atoms with Gasteiger partial charge in [0, 0.05) is 24.6 Å². The van der Waals surface area contributed by atoms with Crippen LogP contribution in [0.3, 0.4) is 0 Å². The molecule has 1 unspecified atom stereocenters. The summed E-state index contributed by atoms with van der Waals surface area (Å²) in [6.07, 6.45) is 0.141. The first-order valence-corrected chi connectivity index (χ1v) is 6.61. The number of hydrogen-bond acceptors (Lipinski definition) is 4. The van der Waals surface area contributed by atoms with Gasteiger partial charge in [-0.25, -0.2) is 9.97 Å². The number of halogens is 1. The molecule has 0 fully saturated rings. The Hall–Kier alpha value is -0.870. The SMILES string of the molecule is CCOC(C)CNc1cc(Cl)nc(C(C)(C)C)n1. The highest BCUT2D eigenvalue weighted by atomic mass is 35.5. The molecule has 1 heterocycles. The minimum atomic E-state index is -0.118. The Morgan fingerprint density at radius 2 is 2.06 bits per heavy atom. The van der Waals surface area contributed by atoms with Crippen LogP contribution in [0.5, 0.6) is 0 Å². The van der Waals surface area contributed by atoms with Gasteiger partial charge in [0.2, 0.25) is 0 Å². The average Bonchev–Trinajstić information content (AvgIpc) is 2.25. The molecule has 0 saturated carbocycles. The van der Waals surface area contributed by atoms with E-state index < -0.39 is 0 Å². The van der Waals surface area contributed by atoms with Crippen LogP contribution in [-0.2, 0) is 10.2 Å². The lowest BCUT2D eigenvalue weighted by molar-refractivity contribution is 0.0855. The minimum absolute atomic E-state index is 0.118. The Morgan fingerprint density at radius 3 is 2.61 bits per heavy atom. The molecule has 0 saturated heterocycles. The maximum Gasteiger partial charge on any atom is 0.137 e. The predicted octanol–water partition coefficient (Wildman–Crippen LogP) is 3.26. The Morgan fingerprint density at radius 1 is 1.39 bits per heavy atom. The van der Waals surface area contributed by atoms with Gasteiger partial charge < -0.3 is 10.1 Å². The van der Waals surface area contributed by atoms with Crippen molar-refractivity contribution in [1.29, 1.82) is 0 Å². The summed E-state index contributed by atoms with van der Waals surface area (Å²) in [6, 6.07) is 1.73. The van der Waals surface area contributed by atoms with Crippen LogP contribution in [0.1, 0.15) is 40.4 Å². The molecule has 0 aliphatic heterocycles. The van der Waals surface area contributed by atoms with Crippen LogP contribution in [0.2, 0.25) is 5.15 Å². The summed E-state index contributed by atoms with van der Waals surface area (Å²) < 4.78 is 5.45. The van der Waals surface area contributed by atoms with Crippen molar-refractivity contribution in [3.63, 3.8) is 0 Å². The van der Waals surface area contributed by atoms with Crippen molar-refractivity contribution in [2.75, 3.05) is 18.5 Å². The maximum absolute atomic E-state index is 6.01. The Bertz CT molecular complexity index is 390. The van der Waals surface area contributed by atoms with Crippen LogP contribution in [0.4, 0.5) is 5.82 Å². The Kier molecular flexibility index (Phi) is 5.35. The second kappa shape index (κ2) is 6.34. The number of nitrogens with one attached hydrogen (secondary N) is 1. The average molecular weight is 272 g/mol. The maximum atomic E-state index is 6.01. The molecule has 102 valence electrons. The molecule has 1 N–H and O–H groups in total. The Labute approximate surface area is 114 Å². The first kappa shape index (κ1) is 15.2. The Balaban J connectivity index is 2.75. The van der Waals surface area contributed by atoms with E-state index in [9.17, 15) is 0 Å². The fourth-order valence-corrected chi connectivity index (χ4v) is 1.62. The number of nitrogens with zero attached hydrogens (tertiary/aromatic N) is 2. The van der Waals surface area contributed by atoms with Crippen molar-refractivity contribution < 1.29 is 4.74 Å². The summed E-state index contributed by atoms with van der Waals surface area (Å²) in [5.74, 6) is 1.48. The van der Waals surface area contributed by atoms with Crippen molar-refractivity contribution in [1.82, 2.24) is 9.97 Å². The molecule has 0 aliphatic rings. The summed E-state index contributed by atoms with van der Waals surface area (Å²) >= 11 is 6.01. The van der Waals surface area contributed by atoms with Gasteiger partial charge in [-0.05, 0) is 13.8 Å². The van der Waals surface area contributed by atoms with E-state index in [1.165, 1.54) is 0 Å². The molecule has 0 amide bonds. The molecule has 0 spiro atoms. The third-order valence-corrected chi connectivity index (χ3v) is 2.58. The van der Waals surface area contributed by atoms with Crippen molar-refractivity contribution in [3.05, 3.63) is 17.0 Å². The molecular weight excluding hydrogens is 250 g/mol. The topological polar surface area (TPSA) is 47.0 Å². The quantitative estimate of drug-likeness (QED) is 0.835. The molecular formula is C13H22ClN3O. The van der Waals surface area contributed by atoms with Crippen LogP contribution in [0, 0.1) is 0 Å². The molecule has 1 aromatic rings. The fraction of sp³-hybridized carbons (Fsp3) is 0.692. The van der Waals surface area contributed by atoms with Crippen LogP contribution in [0.25, 0.3) is 0 Å². The lowest BCUT2D eigenvalue weighted by Crippen LogP contribution is -2.22. The van der Waals surface area contributed by atoms with E-state index in [1.54, 1.807) is 6.07 Å². The third-order valence-electron chi connectivity index (χ3n) is 2.39. The van der Waals surface area contributed by atoms with Gasteiger partial charge >= 0.3 is 0 Å². The van der Waals surface area contributed by atoms with Gasteiger partial charge in [0.15, 0.2) is 0 Å². The molecule has 1 aromatic heterocycles. The monoisotopic (exact) mass is 271 g/mol. The molecule has 5 heteroatoms. The second-order valence-corrected chi connectivity index (χ2v) is 5.68. The van der Waals surface area contributed by atoms with Gasteiger partial charge in [0.25, 0.3) is 0 Å². The first-order chi connectivity index (χ1) is 8.32. The van der Waals surface area contributed by atoms with Crippen molar-refractivity contribution in [2.45, 2.75) is 46.1 Å². The van der Waals surface area contributed by atoms with Gasteiger partial charge in [-0.1, -0.05) is 32.4 Å². The number of ether oxygens (including phenoxy) is 1. The zero-order chi connectivity index (χ0) is 13.8. The normalized spacial score (nSPS) is 13.4. The highest BCUT2D eigenvalue weighted by Gasteiger charge is 2.18. The van der Waals surface area contributed by atoms with E-state index in [4.69, 9.17) is 16.3 Å². The van der Waals surface area contributed by atoms with Crippen molar-refractivity contribution >= 4 is 17.4 Å². The van der Waals surface area contributed by atoms with Crippen LogP contribution < -0.4 is 5.32 Å². The third kappa shape index (κ3) is 4.78. The van der Waals surface area contributed by atoms with E-state index in [1.807, 2.05) is 13.8 Å². The first-order valence-electron chi connectivity index (χ1n) is 6.23. The van der Waals surface area contributed by atoms with Gasteiger partial charge in [0.05, 0.1) is 6.10 Å². The zero-order valence-corrected chi connectivity index (χ0v) is 12.5. The number of anilines is 1. The molecule has 0 bridgehead atoms. The lowest BCUT2D eigenvalue weighted by Gasteiger charge is -2.18. The summed E-state index contributed by atoms with van der Waals surface area (Å²) in [4.78, 5) is 8.73. The summed E-state index contributed by atoms with van der Waals surface area (Å²) in [6.45, 7) is 11.6. The molecule has 0 aliphatic carbocycles. The summed E-state index contributed by atoms with van der Waals surface area (Å²) in [7, 11) is 0. The molecule has 18 heavy (non-hydrogen) atoms. The van der Waals surface area contributed by atoms with Crippen molar-refractivity contribution in [3.8, 4) is 0 Å². The van der Waals surface area contributed by atoms with E-state index in [2.05, 4.69) is 36.1 Å². The standard InChI is InChI=1S/C13H22ClN3O/c1-6-18-9(2)8-15-11-7-10(14)16-12(17-11)13(3,4)5/h7,9H,6,8H2,1-5H3,(H,15,16,17). The highest BCUT2D eigenvalue weighted by Crippen LogP contribution is 2.22. The van der Waals surface area contributed by atoms with Crippen LogP contribution in [-0.4, -0.2) is 29.2 Å². The second-order valence-electron chi connectivity index (χ2n) is 5.30. The molecule has 0 aromatic carbocycles. The number of hydrogen-bond donors (Lipinski definition) is 1. The summed E-state index contributed by atoms with van der Waals surface area (Å²) in [5.41, 5.74) is -0.118. The van der Waals surface area contributed by atoms with Gasteiger partial charge in [-0.2, -0.15) is 0 Å². The molecule has 1 atom stereocenters. The van der Waals surface area contributed by atoms with Gasteiger partial charge in [-0.15, -0.1) is 0 Å². The zero-order valence-electron chi connectivity index (χ0n) is 11.7. The smallest absolute Gasteiger partial charge is 0.137 e.